The first-order chi connectivity index (χ1) is 8.15. The molecule has 0 saturated carbocycles. The molecular formula is C12H12ClFN2O. The zero-order valence-corrected chi connectivity index (χ0v) is 9.85. The van der Waals surface area contributed by atoms with Crippen molar-refractivity contribution in [1.82, 2.24) is 10.9 Å². The summed E-state index contributed by atoms with van der Waals surface area (Å²) < 4.78 is 13.4. The number of hydrazine groups is 1. The number of carbonyl (C=O) groups is 1. The Bertz CT molecular complexity index is 474. The zero-order chi connectivity index (χ0) is 12.3. The van der Waals surface area contributed by atoms with Gasteiger partial charge in [-0.2, -0.15) is 0 Å². The number of carbonyl (C=O) groups excluding carboxylic acids is 1. The smallest absolute Gasteiger partial charge is 0.173 e. The van der Waals surface area contributed by atoms with E-state index >= 15 is 0 Å². The van der Waals surface area contributed by atoms with E-state index in [0.29, 0.717) is 23.4 Å². The lowest BCUT2D eigenvalue weighted by molar-refractivity contribution is -0.114. The fraction of sp³-hybridized carbons (Fsp3) is 0.250. The predicted octanol–water partition coefficient (Wildman–Crippen LogP) is 1.97. The Balaban J connectivity index is 2.02. The lowest BCUT2D eigenvalue weighted by Crippen LogP contribution is -2.39. The van der Waals surface area contributed by atoms with Gasteiger partial charge in [-0.05, 0) is 36.6 Å². The van der Waals surface area contributed by atoms with E-state index in [2.05, 4.69) is 10.9 Å². The zero-order valence-electron chi connectivity index (χ0n) is 9.09. The van der Waals surface area contributed by atoms with Crippen molar-refractivity contribution in [2.24, 2.45) is 0 Å². The number of hydrogen-bond acceptors (Lipinski definition) is 3. The van der Waals surface area contributed by atoms with Gasteiger partial charge in [0.2, 0.25) is 0 Å². The second-order valence-electron chi connectivity index (χ2n) is 3.85. The van der Waals surface area contributed by atoms with E-state index in [9.17, 15) is 9.18 Å². The monoisotopic (exact) mass is 254 g/mol. The lowest BCUT2D eigenvalue weighted by Gasteiger charge is -2.16. The summed E-state index contributed by atoms with van der Waals surface area (Å²) in [7, 11) is 0. The summed E-state index contributed by atoms with van der Waals surface area (Å²) >= 11 is 5.80. The van der Waals surface area contributed by atoms with Gasteiger partial charge in [-0.1, -0.05) is 11.6 Å². The van der Waals surface area contributed by atoms with Gasteiger partial charge in [0.25, 0.3) is 0 Å². The number of ketones is 1. The Morgan fingerprint density at radius 1 is 1.35 bits per heavy atom. The van der Waals surface area contributed by atoms with Crippen molar-refractivity contribution in [1.29, 1.82) is 0 Å². The van der Waals surface area contributed by atoms with E-state index in [-0.39, 0.29) is 18.1 Å². The highest BCUT2D eigenvalue weighted by Gasteiger charge is 2.10. The quantitative estimate of drug-likeness (QED) is 0.867. The number of halogens is 2. The average molecular weight is 255 g/mol. The topological polar surface area (TPSA) is 41.1 Å². The molecule has 0 aromatic heterocycles. The van der Waals surface area contributed by atoms with Gasteiger partial charge in [-0.3, -0.25) is 4.79 Å². The van der Waals surface area contributed by atoms with E-state index in [4.69, 9.17) is 11.6 Å². The molecule has 0 unspecified atom stereocenters. The fourth-order valence-electron chi connectivity index (χ4n) is 1.67. The maximum absolute atomic E-state index is 13.4. The van der Waals surface area contributed by atoms with Crippen LogP contribution in [0.25, 0.3) is 0 Å². The van der Waals surface area contributed by atoms with Crippen LogP contribution in [0.5, 0.6) is 0 Å². The molecule has 1 aliphatic rings. The van der Waals surface area contributed by atoms with E-state index in [1.807, 2.05) is 0 Å². The van der Waals surface area contributed by atoms with Crippen LogP contribution in [0.2, 0.25) is 5.02 Å². The van der Waals surface area contributed by atoms with Crippen LogP contribution in [-0.2, 0) is 11.2 Å². The van der Waals surface area contributed by atoms with Gasteiger partial charge in [-0.25, -0.2) is 9.82 Å². The molecule has 0 bridgehead atoms. The first-order valence-corrected chi connectivity index (χ1v) is 5.69. The molecule has 1 aromatic carbocycles. The van der Waals surface area contributed by atoms with Crippen molar-refractivity contribution >= 4 is 17.4 Å². The van der Waals surface area contributed by atoms with Gasteiger partial charge < -0.3 is 5.43 Å². The Morgan fingerprint density at radius 2 is 2.18 bits per heavy atom. The van der Waals surface area contributed by atoms with E-state index < -0.39 is 0 Å². The highest BCUT2D eigenvalue weighted by Crippen LogP contribution is 2.17. The van der Waals surface area contributed by atoms with E-state index in [1.54, 1.807) is 12.1 Å². The van der Waals surface area contributed by atoms with Crippen molar-refractivity contribution in [3.05, 3.63) is 46.4 Å². The second-order valence-corrected chi connectivity index (χ2v) is 4.29. The van der Waals surface area contributed by atoms with E-state index in [1.165, 1.54) is 12.1 Å². The summed E-state index contributed by atoms with van der Waals surface area (Å²) in [5, 5.41) is 0.515. The molecule has 5 heteroatoms. The van der Waals surface area contributed by atoms with Crippen molar-refractivity contribution in [3.63, 3.8) is 0 Å². The van der Waals surface area contributed by atoms with Crippen LogP contribution in [-0.4, -0.2) is 12.3 Å². The Labute approximate surface area is 104 Å². The van der Waals surface area contributed by atoms with Gasteiger partial charge in [0.1, 0.15) is 5.82 Å². The molecule has 0 radical (unpaired) electrons. The van der Waals surface area contributed by atoms with E-state index in [0.717, 1.165) is 5.70 Å². The number of nitrogens with one attached hydrogen (secondary N) is 2. The van der Waals surface area contributed by atoms with Crippen LogP contribution in [0, 0.1) is 5.82 Å². The Hall–Kier alpha value is -1.39. The largest absolute Gasteiger partial charge is 0.325 e. The van der Waals surface area contributed by atoms with Crippen molar-refractivity contribution < 1.29 is 9.18 Å². The minimum atomic E-state index is -0.273. The molecule has 1 aromatic rings. The Morgan fingerprint density at radius 3 is 2.94 bits per heavy atom. The molecule has 1 aliphatic heterocycles. The van der Waals surface area contributed by atoms with Crippen molar-refractivity contribution in [2.75, 3.05) is 6.54 Å². The first-order valence-electron chi connectivity index (χ1n) is 5.31. The molecule has 0 aliphatic carbocycles. The number of rotatable bonds is 3. The third-order valence-corrected chi connectivity index (χ3v) is 2.75. The number of hydrogen-bond donors (Lipinski definition) is 2. The summed E-state index contributed by atoms with van der Waals surface area (Å²) in [4.78, 5) is 11.1. The molecular weight excluding hydrogens is 243 g/mol. The van der Waals surface area contributed by atoms with Gasteiger partial charge in [-0.15, -0.1) is 0 Å². The third-order valence-electron chi connectivity index (χ3n) is 2.52. The molecule has 0 spiro atoms. The van der Waals surface area contributed by atoms with Crippen LogP contribution in [0.15, 0.2) is 30.0 Å². The number of benzene rings is 1. The van der Waals surface area contributed by atoms with Crippen LogP contribution < -0.4 is 10.9 Å². The second kappa shape index (κ2) is 5.29. The molecule has 0 amide bonds. The van der Waals surface area contributed by atoms with Gasteiger partial charge >= 0.3 is 0 Å². The molecule has 1 heterocycles. The maximum Gasteiger partial charge on any atom is 0.173 e. The van der Waals surface area contributed by atoms with Crippen LogP contribution in [0.1, 0.15) is 12.0 Å². The highest BCUT2D eigenvalue weighted by atomic mass is 35.5. The van der Waals surface area contributed by atoms with Gasteiger partial charge in [0.15, 0.2) is 5.78 Å². The fourth-order valence-corrected chi connectivity index (χ4v) is 1.86. The van der Waals surface area contributed by atoms with Crippen LogP contribution in [0.4, 0.5) is 4.39 Å². The summed E-state index contributed by atoms with van der Waals surface area (Å²) in [6.45, 7) is 0.287. The minimum Gasteiger partial charge on any atom is -0.325 e. The SMILES string of the molecule is O=C1C=C(CCc2cc(Cl)ccc2F)NNC1. The summed E-state index contributed by atoms with van der Waals surface area (Å²) in [5.74, 6) is -0.254. The van der Waals surface area contributed by atoms with Gasteiger partial charge in [0.05, 0.1) is 6.54 Å². The first kappa shape index (κ1) is 12.1. The van der Waals surface area contributed by atoms with Crippen LogP contribution >= 0.6 is 11.6 Å². The highest BCUT2D eigenvalue weighted by molar-refractivity contribution is 6.30. The van der Waals surface area contributed by atoms with Crippen molar-refractivity contribution in [2.45, 2.75) is 12.8 Å². The maximum atomic E-state index is 13.4. The molecule has 90 valence electrons. The number of allylic oxidation sites excluding steroid dienone is 1. The molecule has 2 N–H and O–H groups in total. The summed E-state index contributed by atoms with van der Waals surface area (Å²) in [5.41, 5.74) is 6.97. The van der Waals surface area contributed by atoms with Crippen molar-refractivity contribution in [3.8, 4) is 0 Å². The minimum absolute atomic E-state index is 0.0188. The Kier molecular flexibility index (Phi) is 3.76. The average Bonchev–Trinajstić information content (AvgIpc) is 2.30. The standard InChI is InChI=1S/C12H12ClFN2O/c13-9-2-4-12(14)8(5-9)1-3-10-6-11(17)7-15-16-10/h2,4-6,15-16H,1,3,7H2. The summed E-state index contributed by atoms with van der Waals surface area (Å²) in [6, 6.07) is 4.48. The molecule has 0 atom stereocenters. The lowest BCUT2D eigenvalue weighted by atomic mass is 10.1. The molecule has 3 nitrogen and oxygen atoms in total. The molecule has 0 saturated heterocycles. The van der Waals surface area contributed by atoms with Crippen LogP contribution in [0.3, 0.4) is 0 Å². The predicted molar refractivity (Wildman–Crippen MR) is 64.0 cm³/mol. The molecule has 17 heavy (non-hydrogen) atoms. The molecule has 2 rings (SSSR count). The number of aryl methyl sites for hydroxylation is 1. The third kappa shape index (κ3) is 3.28. The molecule has 0 fully saturated rings. The normalized spacial score (nSPS) is 15.4. The summed E-state index contributed by atoms with van der Waals surface area (Å²) in [6.07, 6.45) is 2.61. The van der Waals surface area contributed by atoms with Gasteiger partial charge in [0, 0.05) is 16.8 Å².